The molecule has 266 valence electrons. The van der Waals surface area contributed by atoms with Crippen molar-refractivity contribution in [2.24, 2.45) is 0 Å². The number of carbonyl (C=O) groups excluding carboxylic acids is 2. The number of pyridine rings is 3. The maximum absolute atomic E-state index is 16.8. The van der Waals surface area contributed by atoms with Crippen LogP contribution in [-0.4, -0.2) is 72.9 Å². The van der Waals surface area contributed by atoms with E-state index in [9.17, 15) is 14.4 Å². The fourth-order valence-corrected chi connectivity index (χ4v) is 7.32. The molecule has 0 N–H and O–H groups in total. The van der Waals surface area contributed by atoms with Crippen molar-refractivity contribution >= 4 is 34.4 Å². The maximum Gasteiger partial charge on any atom is 0.355 e. The highest BCUT2D eigenvalue weighted by Gasteiger charge is 2.35. The molecule has 0 radical (unpaired) electrons. The fourth-order valence-electron chi connectivity index (χ4n) is 7.32. The monoisotopic (exact) mass is 704 g/mol. The SMILES string of the molecule is C=CC(=O)N1C[C@H](C)N(c2nc(=O)n3c4nc(c(F)cc24)-c2c(F)cccc2N(C(=O)c2cccnc2)CCCc2ccnc(C(C)C)c2-3)C[C@H]1C. The second-order valence-corrected chi connectivity index (χ2v) is 13.6. The normalized spacial score (nSPS) is 17.4. The van der Waals surface area contributed by atoms with Crippen molar-refractivity contribution in [2.75, 3.05) is 29.4 Å². The Kier molecular flexibility index (Phi) is 9.11. The fraction of sp³-hybridized carbons (Fsp3) is 0.308. The number of piperazine rings is 1. The number of aryl methyl sites for hydroxylation is 1. The molecular weight excluding hydrogens is 666 g/mol. The van der Waals surface area contributed by atoms with E-state index in [2.05, 4.69) is 21.5 Å². The molecule has 13 heteroatoms. The van der Waals surface area contributed by atoms with Gasteiger partial charge in [-0.2, -0.15) is 4.98 Å². The van der Waals surface area contributed by atoms with Crippen molar-refractivity contribution in [1.82, 2.24) is 29.4 Å². The highest BCUT2D eigenvalue weighted by Crippen LogP contribution is 2.39. The summed E-state index contributed by atoms with van der Waals surface area (Å²) in [5.74, 6) is -2.24. The van der Waals surface area contributed by atoms with E-state index >= 15 is 8.78 Å². The summed E-state index contributed by atoms with van der Waals surface area (Å²) in [7, 11) is 0. The third-order valence-electron chi connectivity index (χ3n) is 9.82. The number of fused-ring (bicyclic) bond motifs is 5. The van der Waals surface area contributed by atoms with E-state index in [-0.39, 0.29) is 69.8 Å². The van der Waals surface area contributed by atoms with Gasteiger partial charge >= 0.3 is 5.69 Å². The number of hydrogen-bond acceptors (Lipinski definition) is 8. The number of amides is 2. The Morgan fingerprint density at radius 1 is 1.00 bits per heavy atom. The summed E-state index contributed by atoms with van der Waals surface area (Å²) in [5, 5.41) is 0.228. The molecular formula is C39H38F2N8O3. The van der Waals surface area contributed by atoms with E-state index in [1.807, 2.05) is 38.7 Å². The molecule has 7 rings (SSSR count). The van der Waals surface area contributed by atoms with E-state index in [0.29, 0.717) is 37.3 Å². The summed E-state index contributed by atoms with van der Waals surface area (Å²) in [6, 6.07) is 9.95. The van der Waals surface area contributed by atoms with Crippen LogP contribution in [0.1, 0.15) is 61.6 Å². The van der Waals surface area contributed by atoms with Gasteiger partial charge in [-0.1, -0.05) is 26.5 Å². The molecule has 0 aliphatic carbocycles. The van der Waals surface area contributed by atoms with Crippen LogP contribution in [0.25, 0.3) is 28.0 Å². The topological polar surface area (TPSA) is 117 Å². The van der Waals surface area contributed by atoms with Crippen molar-refractivity contribution in [1.29, 1.82) is 0 Å². The second kappa shape index (κ2) is 13.7. The molecule has 1 aromatic carbocycles. The van der Waals surface area contributed by atoms with Crippen LogP contribution in [0.15, 0.2) is 78.5 Å². The Labute approximate surface area is 299 Å². The van der Waals surface area contributed by atoms with Gasteiger partial charge < -0.3 is 14.7 Å². The minimum atomic E-state index is -0.866. The van der Waals surface area contributed by atoms with Crippen LogP contribution in [0.2, 0.25) is 0 Å². The van der Waals surface area contributed by atoms with E-state index in [4.69, 9.17) is 4.98 Å². The minimum Gasteiger partial charge on any atom is -0.349 e. The number of anilines is 2. The van der Waals surface area contributed by atoms with Crippen LogP contribution in [0.5, 0.6) is 0 Å². The molecule has 5 aromatic rings. The molecule has 0 saturated carbocycles. The third kappa shape index (κ3) is 5.89. The molecule has 2 aliphatic heterocycles. The number of rotatable bonds is 4. The molecule has 2 bridgehead atoms. The summed E-state index contributed by atoms with van der Waals surface area (Å²) in [6.45, 7) is 12.1. The largest absolute Gasteiger partial charge is 0.355 e. The molecule has 1 saturated heterocycles. The summed E-state index contributed by atoms with van der Waals surface area (Å²) in [6.07, 6.45) is 6.76. The number of carbonyl (C=O) groups is 2. The van der Waals surface area contributed by atoms with Gasteiger partial charge in [0, 0.05) is 50.3 Å². The Hall–Kier alpha value is -5.85. The molecule has 0 unspecified atom stereocenters. The quantitative estimate of drug-likeness (QED) is 0.214. The Morgan fingerprint density at radius 2 is 1.81 bits per heavy atom. The zero-order valence-corrected chi connectivity index (χ0v) is 29.4. The number of benzene rings is 1. The van der Waals surface area contributed by atoms with Crippen molar-refractivity contribution in [3.05, 3.63) is 113 Å². The average Bonchev–Trinajstić information content (AvgIpc) is 3.13. The summed E-state index contributed by atoms with van der Waals surface area (Å²) < 4.78 is 34.3. The van der Waals surface area contributed by atoms with Gasteiger partial charge in [-0.25, -0.2) is 23.1 Å². The van der Waals surface area contributed by atoms with E-state index < -0.39 is 23.2 Å². The lowest BCUT2D eigenvalue weighted by Crippen LogP contribution is -2.58. The van der Waals surface area contributed by atoms with Crippen LogP contribution in [0, 0.1) is 11.6 Å². The number of hydrogen-bond donors (Lipinski definition) is 0. The first-order valence-electron chi connectivity index (χ1n) is 17.3. The molecule has 0 spiro atoms. The number of halogens is 2. The molecule has 11 nitrogen and oxygen atoms in total. The lowest BCUT2D eigenvalue weighted by molar-refractivity contribution is -0.128. The van der Waals surface area contributed by atoms with Gasteiger partial charge in [0.1, 0.15) is 17.3 Å². The Balaban J connectivity index is 1.54. The Bertz CT molecular complexity index is 2290. The van der Waals surface area contributed by atoms with Crippen molar-refractivity contribution in [2.45, 2.75) is 58.5 Å². The average molecular weight is 705 g/mol. The first-order chi connectivity index (χ1) is 25.0. The maximum atomic E-state index is 16.8. The minimum absolute atomic E-state index is 0.0620. The van der Waals surface area contributed by atoms with Gasteiger partial charge in [-0.15, -0.1) is 0 Å². The van der Waals surface area contributed by atoms with E-state index in [1.165, 1.54) is 39.9 Å². The smallest absolute Gasteiger partial charge is 0.349 e. The second-order valence-electron chi connectivity index (χ2n) is 13.6. The summed E-state index contributed by atoms with van der Waals surface area (Å²) >= 11 is 0. The van der Waals surface area contributed by atoms with Gasteiger partial charge in [0.05, 0.1) is 33.6 Å². The first kappa shape index (κ1) is 34.6. The predicted octanol–water partition coefficient (Wildman–Crippen LogP) is 5.84. The van der Waals surface area contributed by atoms with E-state index in [1.54, 1.807) is 35.5 Å². The van der Waals surface area contributed by atoms with Crippen LogP contribution < -0.4 is 15.5 Å². The molecule has 2 atom stereocenters. The van der Waals surface area contributed by atoms with Gasteiger partial charge in [-0.3, -0.25) is 19.6 Å². The van der Waals surface area contributed by atoms with Crippen LogP contribution in [0.4, 0.5) is 20.3 Å². The molecule has 6 heterocycles. The number of nitrogens with zero attached hydrogens (tertiary/aromatic N) is 8. The van der Waals surface area contributed by atoms with Gasteiger partial charge in [0.15, 0.2) is 11.5 Å². The van der Waals surface area contributed by atoms with Gasteiger partial charge in [0.25, 0.3) is 5.91 Å². The van der Waals surface area contributed by atoms with Crippen LogP contribution in [-0.2, 0) is 11.2 Å². The van der Waals surface area contributed by atoms with Crippen LogP contribution in [0.3, 0.4) is 0 Å². The van der Waals surface area contributed by atoms with Gasteiger partial charge in [-0.05, 0) is 80.6 Å². The molecule has 52 heavy (non-hydrogen) atoms. The molecule has 2 amide bonds. The standard InChI is InChI=1S/C39H38F2N8O3/c1-6-31(50)47-20-24(5)48(21-23(47)4)36-27-18-29(41)34-32-28(40)12-7-13-30(32)46(38(51)26-10-8-15-42-19-26)17-9-11-25-14-16-43-33(22(2)3)35(25)49(37(27)44-34)39(52)45-36/h6-8,10,12-16,18-19,22-24H,1,9,11,17,20-21H2,2-5H3/t23-,24+/m1/s1. The van der Waals surface area contributed by atoms with Crippen molar-refractivity contribution < 1.29 is 18.4 Å². The lowest BCUT2D eigenvalue weighted by Gasteiger charge is -2.44. The Morgan fingerprint density at radius 3 is 2.54 bits per heavy atom. The first-order valence-corrected chi connectivity index (χ1v) is 17.3. The number of aromatic nitrogens is 5. The van der Waals surface area contributed by atoms with Crippen molar-refractivity contribution in [3.8, 4) is 16.9 Å². The third-order valence-corrected chi connectivity index (χ3v) is 9.82. The molecule has 2 aliphatic rings. The van der Waals surface area contributed by atoms with Gasteiger partial charge in [0.2, 0.25) is 5.91 Å². The highest BCUT2D eigenvalue weighted by atomic mass is 19.1. The highest BCUT2D eigenvalue weighted by molar-refractivity contribution is 6.08. The lowest BCUT2D eigenvalue weighted by atomic mass is 9.99. The van der Waals surface area contributed by atoms with Crippen molar-refractivity contribution in [3.63, 3.8) is 0 Å². The zero-order valence-electron chi connectivity index (χ0n) is 29.4. The molecule has 1 fully saturated rings. The zero-order chi connectivity index (χ0) is 36.8. The summed E-state index contributed by atoms with van der Waals surface area (Å²) in [5.41, 5.74) is 1.07. The van der Waals surface area contributed by atoms with Crippen LogP contribution >= 0.6 is 0 Å². The molecule has 4 aromatic heterocycles. The summed E-state index contributed by atoms with van der Waals surface area (Å²) in [4.78, 5) is 64.3. The predicted molar refractivity (Wildman–Crippen MR) is 195 cm³/mol. The van der Waals surface area contributed by atoms with E-state index in [0.717, 1.165) is 5.56 Å².